The fourth-order valence-electron chi connectivity index (χ4n) is 1.98. The van der Waals surface area contributed by atoms with Crippen molar-refractivity contribution in [3.8, 4) is 5.75 Å². The zero-order valence-corrected chi connectivity index (χ0v) is 11.0. The Morgan fingerprint density at radius 1 is 1.00 bits per heavy atom. The second kappa shape index (κ2) is 6.73. The summed E-state index contributed by atoms with van der Waals surface area (Å²) in [6.07, 6.45) is 0.511. The van der Waals surface area contributed by atoms with Gasteiger partial charge in [-0.3, -0.25) is 0 Å². The molecule has 0 aliphatic carbocycles. The lowest BCUT2D eigenvalue weighted by Gasteiger charge is -2.12. The summed E-state index contributed by atoms with van der Waals surface area (Å²) in [7, 11) is 0. The first-order valence-electron chi connectivity index (χ1n) is 6.35. The van der Waals surface area contributed by atoms with E-state index in [1.807, 2.05) is 24.3 Å². The Morgan fingerprint density at radius 2 is 1.65 bits per heavy atom. The number of carboxylic acids is 1. The van der Waals surface area contributed by atoms with Gasteiger partial charge in [0.25, 0.3) is 0 Å². The Hall–Kier alpha value is -2.33. The molecule has 0 saturated heterocycles. The Kier molecular flexibility index (Phi) is 4.74. The number of hydrogen-bond acceptors (Lipinski definition) is 3. The van der Waals surface area contributed by atoms with Gasteiger partial charge in [0.05, 0.1) is 5.56 Å². The number of aromatic carboxylic acids is 1. The van der Waals surface area contributed by atoms with Crippen LogP contribution >= 0.6 is 0 Å². The second-order valence-electron chi connectivity index (χ2n) is 4.33. The molecule has 0 atom stereocenters. The van der Waals surface area contributed by atoms with E-state index < -0.39 is 5.97 Å². The van der Waals surface area contributed by atoms with E-state index in [-0.39, 0.29) is 18.8 Å². The molecule has 0 aromatic heterocycles. The van der Waals surface area contributed by atoms with Crippen molar-refractivity contribution >= 4 is 5.97 Å². The fourth-order valence-corrected chi connectivity index (χ4v) is 1.98. The topological polar surface area (TPSA) is 66.8 Å². The number of hydrogen-bond donors (Lipinski definition) is 2. The third-order valence-corrected chi connectivity index (χ3v) is 2.98. The van der Waals surface area contributed by atoms with Crippen LogP contribution in [0.25, 0.3) is 0 Å². The lowest BCUT2D eigenvalue weighted by molar-refractivity contribution is 0.0694. The van der Waals surface area contributed by atoms with Crippen LogP contribution < -0.4 is 4.74 Å². The van der Waals surface area contributed by atoms with Gasteiger partial charge < -0.3 is 14.9 Å². The van der Waals surface area contributed by atoms with Crippen LogP contribution in [0, 0.1) is 0 Å². The standard InChI is InChI=1S/C16H16O4/c17-10-9-12-5-2-4-8-15(12)20-11-13-6-1-3-7-14(13)16(18)19/h1-8,17H,9-11H2,(H,18,19). The van der Waals surface area contributed by atoms with Crippen molar-refractivity contribution in [2.45, 2.75) is 13.0 Å². The van der Waals surface area contributed by atoms with Crippen molar-refractivity contribution in [2.75, 3.05) is 6.61 Å². The summed E-state index contributed by atoms with van der Waals surface area (Å²) in [6.45, 7) is 0.233. The van der Waals surface area contributed by atoms with Gasteiger partial charge in [-0.05, 0) is 24.1 Å². The third-order valence-electron chi connectivity index (χ3n) is 2.98. The van der Waals surface area contributed by atoms with Gasteiger partial charge in [-0.25, -0.2) is 4.79 Å². The van der Waals surface area contributed by atoms with Crippen LogP contribution in [0.3, 0.4) is 0 Å². The molecule has 0 fully saturated rings. The average Bonchev–Trinajstić information content (AvgIpc) is 2.47. The molecular weight excluding hydrogens is 256 g/mol. The highest BCUT2D eigenvalue weighted by Crippen LogP contribution is 2.20. The Bertz CT molecular complexity index is 593. The lowest BCUT2D eigenvalue weighted by Crippen LogP contribution is -2.06. The van der Waals surface area contributed by atoms with E-state index in [4.69, 9.17) is 14.9 Å². The van der Waals surface area contributed by atoms with E-state index in [0.29, 0.717) is 17.7 Å². The second-order valence-corrected chi connectivity index (χ2v) is 4.33. The smallest absolute Gasteiger partial charge is 0.336 e. The molecular formula is C16H16O4. The molecule has 0 saturated carbocycles. The van der Waals surface area contributed by atoms with Gasteiger partial charge in [0, 0.05) is 12.2 Å². The number of rotatable bonds is 6. The number of benzene rings is 2. The molecule has 4 heteroatoms. The molecule has 0 spiro atoms. The summed E-state index contributed by atoms with van der Waals surface area (Å²) in [6, 6.07) is 14.2. The van der Waals surface area contributed by atoms with E-state index in [9.17, 15) is 4.79 Å². The maximum Gasteiger partial charge on any atom is 0.336 e. The summed E-state index contributed by atoms with van der Waals surface area (Å²) >= 11 is 0. The number of para-hydroxylation sites is 1. The van der Waals surface area contributed by atoms with Gasteiger partial charge in [0.1, 0.15) is 12.4 Å². The fraction of sp³-hybridized carbons (Fsp3) is 0.188. The molecule has 2 N–H and O–H groups in total. The molecule has 0 bridgehead atoms. The molecule has 0 aliphatic heterocycles. The van der Waals surface area contributed by atoms with Crippen LogP contribution in [-0.2, 0) is 13.0 Å². The molecule has 0 amide bonds. The molecule has 4 nitrogen and oxygen atoms in total. The lowest BCUT2D eigenvalue weighted by atomic mass is 10.1. The predicted octanol–water partition coefficient (Wildman–Crippen LogP) is 2.50. The van der Waals surface area contributed by atoms with Gasteiger partial charge in [0.2, 0.25) is 0 Å². The Labute approximate surface area is 117 Å². The van der Waals surface area contributed by atoms with Crippen molar-refractivity contribution in [1.29, 1.82) is 0 Å². The molecule has 0 heterocycles. The molecule has 104 valence electrons. The number of ether oxygens (including phenoxy) is 1. The molecule has 0 aliphatic rings. The number of carbonyl (C=O) groups is 1. The van der Waals surface area contributed by atoms with E-state index >= 15 is 0 Å². The number of aliphatic hydroxyl groups excluding tert-OH is 1. The van der Waals surface area contributed by atoms with Gasteiger partial charge >= 0.3 is 5.97 Å². The largest absolute Gasteiger partial charge is 0.489 e. The summed E-state index contributed by atoms with van der Waals surface area (Å²) in [5, 5.41) is 18.1. The SMILES string of the molecule is O=C(O)c1ccccc1COc1ccccc1CCO. The summed E-state index contributed by atoms with van der Waals surface area (Å²) in [5.41, 5.74) is 1.77. The maximum atomic E-state index is 11.1. The van der Waals surface area contributed by atoms with E-state index in [0.717, 1.165) is 5.56 Å². The van der Waals surface area contributed by atoms with Gasteiger partial charge in [-0.15, -0.1) is 0 Å². The van der Waals surface area contributed by atoms with Crippen molar-refractivity contribution in [3.63, 3.8) is 0 Å². The maximum absolute atomic E-state index is 11.1. The number of carboxylic acid groups (broad SMARTS) is 1. The van der Waals surface area contributed by atoms with Crippen LogP contribution in [0.2, 0.25) is 0 Å². The minimum absolute atomic E-state index is 0.0477. The molecule has 20 heavy (non-hydrogen) atoms. The normalized spacial score (nSPS) is 10.2. The predicted molar refractivity (Wildman–Crippen MR) is 75.0 cm³/mol. The minimum atomic E-state index is -0.965. The van der Waals surface area contributed by atoms with Gasteiger partial charge in [-0.2, -0.15) is 0 Å². The summed E-state index contributed by atoms with van der Waals surface area (Å²) in [4.78, 5) is 11.1. The van der Waals surface area contributed by atoms with Gasteiger partial charge in [-0.1, -0.05) is 36.4 Å². The van der Waals surface area contributed by atoms with Crippen molar-refractivity contribution in [3.05, 3.63) is 65.2 Å². The van der Waals surface area contributed by atoms with Gasteiger partial charge in [0.15, 0.2) is 0 Å². The molecule has 2 aromatic carbocycles. The number of aliphatic hydroxyl groups is 1. The molecule has 0 unspecified atom stereocenters. The Balaban J connectivity index is 2.15. The first kappa shape index (κ1) is 14.1. The van der Waals surface area contributed by atoms with Crippen molar-refractivity contribution in [2.24, 2.45) is 0 Å². The first-order chi connectivity index (χ1) is 9.72. The molecule has 0 radical (unpaired) electrons. The van der Waals surface area contributed by atoms with E-state index in [1.165, 1.54) is 0 Å². The average molecular weight is 272 g/mol. The third kappa shape index (κ3) is 3.36. The first-order valence-corrected chi connectivity index (χ1v) is 6.35. The molecule has 2 rings (SSSR count). The van der Waals surface area contributed by atoms with Crippen LogP contribution in [-0.4, -0.2) is 22.8 Å². The minimum Gasteiger partial charge on any atom is -0.489 e. The molecule has 2 aromatic rings. The van der Waals surface area contributed by atoms with Crippen molar-refractivity contribution in [1.82, 2.24) is 0 Å². The zero-order chi connectivity index (χ0) is 14.4. The quantitative estimate of drug-likeness (QED) is 0.848. The highest BCUT2D eigenvalue weighted by Gasteiger charge is 2.10. The highest BCUT2D eigenvalue weighted by molar-refractivity contribution is 5.89. The van der Waals surface area contributed by atoms with Crippen LogP contribution in [0.15, 0.2) is 48.5 Å². The summed E-state index contributed by atoms with van der Waals surface area (Å²) in [5.74, 6) is -0.297. The summed E-state index contributed by atoms with van der Waals surface area (Å²) < 4.78 is 5.69. The van der Waals surface area contributed by atoms with Crippen LogP contribution in [0.4, 0.5) is 0 Å². The highest BCUT2D eigenvalue weighted by atomic mass is 16.5. The van der Waals surface area contributed by atoms with E-state index in [1.54, 1.807) is 24.3 Å². The van der Waals surface area contributed by atoms with Crippen molar-refractivity contribution < 1.29 is 19.7 Å². The van der Waals surface area contributed by atoms with E-state index in [2.05, 4.69) is 0 Å². The Morgan fingerprint density at radius 3 is 2.35 bits per heavy atom. The monoisotopic (exact) mass is 272 g/mol. The van der Waals surface area contributed by atoms with Crippen LogP contribution in [0.5, 0.6) is 5.75 Å². The van der Waals surface area contributed by atoms with Crippen LogP contribution in [0.1, 0.15) is 21.5 Å². The zero-order valence-electron chi connectivity index (χ0n) is 11.0.